The van der Waals surface area contributed by atoms with Gasteiger partial charge >= 0.3 is 5.97 Å². The Morgan fingerprint density at radius 3 is 2.21 bits per heavy atom. The fraction of sp³-hybridized carbons (Fsp3) is 0.438. The number of benzene rings is 1. The van der Waals surface area contributed by atoms with Gasteiger partial charge in [0.25, 0.3) is 5.69 Å². The lowest BCUT2D eigenvalue weighted by Crippen LogP contribution is -2.56. The Bertz CT molecular complexity index is 653. The van der Waals surface area contributed by atoms with E-state index in [2.05, 4.69) is 5.32 Å². The van der Waals surface area contributed by atoms with Crippen LogP contribution in [0.3, 0.4) is 0 Å². The molecule has 0 aliphatic heterocycles. The summed E-state index contributed by atoms with van der Waals surface area (Å²) in [6, 6.07) is 4.99. The molecule has 0 aliphatic rings. The number of hydrogen-bond acceptors (Lipinski definition) is 6. The summed E-state index contributed by atoms with van der Waals surface area (Å²) in [5.74, 6) is -1.84. The van der Waals surface area contributed by atoms with Gasteiger partial charge in [0.15, 0.2) is 12.4 Å². The van der Waals surface area contributed by atoms with Crippen molar-refractivity contribution in [3.05, 3.63) is 39.9 Å². The molecule has 8 nitrogen and oxygen atoms in total. The molecule has 1 atom stereocenters. The SMILES string of the molecule is CC(=O)NC(C)(C(=O)OCC(=O)c1ccc([N+](=O)[O-])cc1)C(C)C. The van der Waals surface area contributed by atoms with Gasteiger partial charge in [-0.25, -0.2) is 4.79 Å². The lowest BCUT2D eigenvalue weighted by atomic mass is 9.88. The van der Waals surface area contributed by atoms with Gasteiger partial charge in [0, 0.05) is 24.6 Å². The Kier molecular flexibility index (Phi) is 6.16. The highest BCUT2D eigenvalue weighted by molar-refractivity contribution is 5.98. The third-order valence-electron chi connectivity index (χ3n) is 3.75. The van der Waals surface area contributed by atoms with Crippen LogP contribution >= 0.6 is 0 Å². The maximum atomic E-state index is 12.2. The molecule has 0 fully saturated rings. The number of esters is 1. The summed E-state index contributed by atoms with van der Waals surface area (Å²) in [6.07, 6.45) is 0. The summed E-state index contributed by atoms with van der Waals surface area (Å²) in [4.78, 5) is 45.5. The number of Topliss-reactive ketones (excluding diaryl/α,β-unsaturated/α-hetero) is 1. The minimum Gasteiger partial charge on any atom is -0.456 e. The van der Waals surface area contributed by atoms with Gasteiger partial charge in [0.1, 0.15) is 5.54 Å². The topological polar surface area (TPSA) is 116 Å². The third-order valence-corrected chi connectivity index (χ3v) is 3.75. The van der Waals surface area contributed by atoms with E-state index in [4.69, 9.17) is 4.74 Å². The molecule has 0 spiro atoms. The quantitative estimate of drug-likeness (QED) is 0.352. The number of non-ortho nitro benzene ring substituents is 1. The minimum absolute atomic E-state index is 0.137. The number of ether oxygens (including phenoxy) is 1. The second kappa shape index (κ2) is 7.67. The Morgan fingerprint density at radius 2 is 1.79 bits per heavy atom. The smallest absolute Gasteiger partial charge is 0.332 e. The largest absolute Gasteiger partial charge is 0.456 e. The van der Waals surface area contributed by atoms with Gasteiger partial charge in [-0.05, 0) is 25.0 Å². The molecule has 0 radical (unpaired) electrons. The second-order valence-corrected chi connectivity index (χ2v) is 5.84. The van der Waals surface area contributed by atoms with Crippen LogP contribution in [0, 0.1) is 16.0 Å². The van der Waals surface area contributed by atoms with Gasteiger partial charge in [0.05, 0.1) is 4.92 Å². The zero-order valence-corrected chi connectivity index (χ0v) is 14.0. The van der Waals surface area contributed by atoms with Crippen molar-refractivity contribution in [2.45, 2.75) is 33.2 Å². The normalized spacial score (nSPS) is 13.0. The fourth-order valence-electron chi connectivity index (χ4n) is 1.93. The number of carbonyl (C=O) groups is 3. The molecular weight excluding hydrogens is 316 g/mol. The van der Waals surface area contributed by atoms with Crippen molar-refractivity contribution in [2.75, 3.05) is 6.61 Å². The molecule has 130 valence electrons. The van der Waals surface area contributed by atoms with Crippen molar-refractivity contribution in [3.8, 4) is 0 Å². The van der Waals surface area contributed by atoms with Gasteiger partial charge in [0.2, 0.25) is 5.91 Å². The molecule has 8 heteroatoms. The van der Waals surface area contributed by atoms with Crippen LogP contribution in [-0.4, -0.2) is 34.7 Å². The number of nitrogens with one attached hydrogen (secondary N) is 1. The molecular formula is C16H20N2O6. The van der Waals surface area contributed by atoms with Crippen LogP contribution < -0.4 is 5.32 Å². The van der Waals surface area contributed by atoms with E-state index in [0.717, 1.165) is 0 Å². The molecule has 0 aliphatic carbocycles. The number of nitro groups is 1. The van der Waals surface area contributed by atoms with Gasteiger partial charge in [-0.2, -0.15) is 0 Å². The second-order valence-electron chi connectivity index (χ2n) is 5.84. The molecule has 1 rings (SSSR count). The summed E-state index contributed by atoms with van der Waals surface area (Å²) in [6.45, 7) is 5.79. The Morgan fingerprint density at radius 1 is 1.25 bits per heavy atom. The van der Waals surface area contributed by atoms with Crippen molar-refractivity contribution in [1.29, 1.82) is 0 Å². The van der Waals surface area contributed by atoms with Crippen molar-refractivity contribution in [1.82, 2.24) is 5.32 Å². The summed E-state index contributed by atoms with van der Waals surface area (Å²) in [5.41, 5.74) is -1.19. The van der Waals surface area contributed by atoms with Crippen molar-refractivity contribution in [3.63, 3.8) is 0 Å². The van der Waals surface area contributed by atoms with Crippen molar-refractivity contribution < 1.29 is 24.0 Å². The van der Waals surface area contributed by atoms with Gasteiger partial charge in [-0.1, -0.05) is 13.8 Å². The highest BCUT2D eigenvalue weighted by atomic mass is 16.6. The summed E-state index contributed by atoms with van der Waals surface area (Å²) < 4.78 is 5.03. The molecule has 0 saturated carbocycles. The van der Waals surface area contributed by atoms with Crippen molar-refractivity contribution in [2.24, 2.45) is 5.92 Å². The first-order valence-electron chi connectivity index (χ1n) is 7.31. The lowest BCUT2D eigenvalue weighted by molar-refractivity contribution is -0.384. The molecule has 24 heavy (non-hydrogen) atoms. The van der Waals surface area contributed by atoms with E-state index in [-0.39, 0.29) is 23.1 Å². The van der Waals surface area contributed by atoms with E-state index < -0.39 is 28.8 Å². The van der Waals surface area contributed by atoms with E-state index in [9.17, 15) is 24.5 Å². The van der Waals surface area contributed by atoms with Crippen LogP contribution in [0.5, 0.6) is 0 Å². The minimum atomic E-state index is -1.25. The summed E-state index contributed by atoms with van der Waals surface area (Å²) >= 11 is 0. The average molecular weight is 336 g/mol. The zero-order chi connectivity index (χ0) is 18.5. The first-order valence-corrected chi connectivity index (χ1v) is 7.31. The predicted octanol–water partition coefficient (Wildman–Crippen LogP) is 1.87. The molecule has 1 amide bonds. The Labute approximate surface area is 139 Å². The number of hydrogen-bond donors (Lipinski definition) is 1. The maximum Gasteiger partial charge on any atom is 0.332 e. The number of rotatable bonds is 7. The molecule has 0 bridgehead atoms. The predicted molar refractivity (Wildman–Crippen MR) is 85.4 cm³/mol. The number of carbonyl (C=O) groups excluding carboxylic acids is 3. The zero-order valence-electron chi connectivity index (χ0n) is 14.0. The highest BCUT2D eigenvalue weighted by Gasteiger charge is 2.39. The van der Waals surface area contributed by atoms with E-state index in [1.54, 1.807) is 13.8 Å². The van der Waals surface area contributed by atoms with Crippen LogP contribution in [0.2, 0.25) is 0 Å². The van der Waals surface area contributed by atoms with Crippen molar-refractivity contribution >= 4 is 23.3 Å². The van der Waals surface area contributed by atoms with Gasteiger partial charge in [-0.15, -0.1) is 0 Å². The molecule has 0 saturated heterocycles. The van der Waals surface area contributed by atoms with E-state index in [1.807, 2.05) is 0 Å². The molecule has 1 N–H and O–H groups in total. The van der Waals surface area contributed by atoms with E-state index in [1.165, 1.54) is 38.1 Å². The first kappa shape index (κ1) is 19.3. The van der Waals surface area contributed by atoms with Crippen LogP contribution in [0.1, 0.15) is 38.1 Å². The molecule has 1 aromatic rings. The monoisotopic (exact) mass is 336 g/mol. The van der Waals surface area contributed by atoms with Crippen LogP contribution in [0.25, 0.3) is 0 Å². The number of ketones is 1. The molecule has 1 aromatic carbocycles. The first-order chi connectivity index (χ1) is 11.1. The lowest BCUT2D eigenvalue weighted by Gasteiger charge is -2.31. The molecule has 1 unspecified atom stereocenters. The number of amides is 1. The summed E-state index contributed by atoms with van der Waals surface area (Å²) in [7, 11) is 0. The standard InChI is InChI=1S/C16H20N2O6/c1-10(2)16(4,17-11(3)19)15(21)24-9-14(20)12-5-7-13(8-6-12)18(22)23/h5-8,10H,9H2,1-4H3,(H,17,19). The third kappa shape index (κ3) is 4.61. The van der Waals surface area contributed by atoms with Gasteiger partial charge < -0.3 is 10.1 Å². The van der Waals surface area contributed by atoms with E-state index in [0.29, 0.717) is 0 Å². The van der Waals surface area contributed by atoms with Gasteiger partial charge in [-0.3, -0.25) is 19.7 Å². The molecule has 0 aromatic heterocycles. The number of nitrogens with zero attached hydrogens (tertiary/aromatic N) is 1. The maximum absolute atomic E-state index is 12.2. The highest BCUT2D eigenvalue weighted by Crippen LogP contribution is 2.19. The summed E-state index contributed by atoms with van der Waals surface area (Å²) in [5, 5.41) is 13.1. The van der Waals surface area contributed by atoms with Crippen LogP contribution in [0.4, 0.5) is 5.69 Å². The Balaban J connectivity index is 2.76. The number of nitro benzene ring substituents is 1. The Hall–Kier alpha value is -2.77. The average Bonchev–Trinajstić information content (AvgIpc) is 2.51. The fourth-order valence-corrected chi connectivity index (χ4v) is 1.93. The van der Waals surface area contributed by atoms with Crippen LogP contribution in [0.15, 0.2) is 24.3 Å². The van der Waals surface area contributed by atoms with E-state index >= 15 is 0 Å². The molecule has 0 heterocycles. The van der Waals surface area contributed by atoms with Crippen LogP contribution in [-0.2, 0) is 14.3 Å².